The molecule has 1 atom stereocenters. The van der Waals surface area contributed by atoms with Crippen LogP contribution in [0.4, 0.5) is 0 Å². The second-order valence-electron chi connectivity index (χ2n) is 6.60. The molecule has 17 heavy (non-hydrogen) atoms. The van der Waals surface area contributed by atoms with Gasteiger partial charge in [-0.3, -0.25) is 0 Å². The Morgan fingerprint density at radius 2 is 1.71 bits per heavy atom. The van der Waals surface area contributed by atoms with Gasteiger partial charge in [0.05, 0.1) is 0 Å². The highest BCUT2D eigenvalue weighted by Crippen LogP contribution is 2.53. The maximum absolute atomic E-state index is 3.76. The molecular weight excluding hydrogens is 272 g/mol. The lowest BCUT2D eigenvalue weighted by Gasteiger charge is -2.21. The summed E-state index contributed by atoms with van der Waals surface area (Å²) in [6, 6.07) is 9.22. The van der Waals surface area contributed by atoms with Crippen LogP contribution in [0.25, 0.3) is 0 Å². The van der Waals surface area contributed by atoms with Crippen molar-refractivity contribution in [2.24, 2.45) is 5.41 Å². The van der Waals surface area contributed by atoms with Gasteiger partial charge in [0.2, 0.25) is 0 Å². The topological polar surface area (TPSA) is 0 Å². The number of hydrogen-bond acceptors (Lipinski definition) is 0. The first-order valence-corrected chi connectivity index (χ1v) is 7.49. The summed E-state index contributed by atoms with van der Waals surface area (Å²) in [6.45, 7) is 9.09. The number of rotatable bonds is 3. The molecule has 0 spiro atoms. The zero-order chi connectivity index (χ0) is 12.7. The van der Waals surface area contributed by atoms with Crippen molar-refractivity contribution in [1.82, 2.24) is 0 Å². The molecule has 1 aromatic rings. The van der Waals surface area contributed by atoms with Crippen LogP contribution in [0, 0.1) is 5.41 Å². The van der Waals surface area contributed by atoms with E-state index in [0.29, 0.717) is 10.2 Å². The Balaban J connectivity index is 2.09. The van der Waals surface area contributed by atoms with E-state index in [1.54, 1.807) is 0 Å². The summed E-state index contributed by atoms with van der Waals surface area (Å²) >= 11 is 3.76. The monoisotopic (exact) mass is 294 g/mol. The minimum atomic E-state index is 0.262. The van der Waals surface area contributed by atoms with Gasteiger partial charge in [0, 0.05) is 4.83 Å². The molecule has 1 aliphatic rings. The van der Waals surface area contributed by atoms with Crippen molar-refractivity contribution in [1.29, 1.82) is 0 Å². The first kappa shape index (κ1) is 13.1. The molecule has 0 aromatic heterocycles. The maximum Gasteiger partial charge on any atom is 0.0177 e. The fraction of sp³-hybridized carbons (Fsp3) is 0.625. The number of benzene rings is 1. The largest absolute Gasteiger partial charge is 0.0888 e. The molecule has 0 amide bonds. The molecule has 1 saturated carbocycles. The van der Waals surface area contributed by atoms with Crippen LogP contribution in [-0.4, -0.2) is 4.83 Å². The van der Waals surface area contributed by atoms with Crippen molar-refractivity contribution in [3.63, 3.8) is 0 Å². The molecule has 1 unspecified atom stereocenters. The molecule has 94 valence electrons. The number of halogens is 1. The number of hydrogen-bond donors (Lipinski definition) is 0. The maximum atomic E-state index is 3.76. The molecule has 1 fully saturated rings. The van der Waals surface area contributed by atoms with Gasteiger partial charge in [0.1, 0.15) is 0 Å². The normalized spacial score (nSPS) is 20.1. The van der Waals surface area contributed by atoms with E-state index >= 15 is 0 Å². The average molecular weight is 295 g/mol. The molecule has 0 bridgehead atoms. The van der Waals surface area contributed by atoms with E-state index < -0.39 is 0 Å². The van der Waals surface area contributed by atoms with Crippen molar-refractivity contribution >= 4 is 15.9 Å². The van der Waals surface area contributed by atoms with Crippen LogP contribution in [0.5, 0.6) is 0 Å². The van der Waals surface area contributed by atoms with Crippen LogP contribution in [0.15, 0.2) is 24.3 Å². The standard InChI is InChI=1S/C16H23Br/c1-12(17)16(9-10-16)11-13-5-7-14(8-6-13)15(2,3)4/h5-8,12H,9-11H2,1-4H3. The van der Waals surface area contributed by atoms with Crippen LogP contribution in [0.1, 0.15) is 51.7 Å². The Hall–Kier alpha value is -0.300. The molecule has 2 rings (SSSR count). The Bertz CT molecular complexity index is 377. The zero-order valence-corrected chi connectivity index (χ0v) is 13.0. The molecule has 1 aromatic carbocycles. The molecule has 0 heterocycles. The third-order valence-electron chi connectivity index (χ3n) is 4.11. The van der Waals surface area contributed by atoms with E-state index in [2.05, 4.69) is 67.9 Å². The lowest BCUT2D eigenvalue weighted by Crippen LogP contribution is -2.15. The van der Waals surface area contributed by atoms with E-state index in [-0.39, 0.29) is 5.41 Å². The van der Waals surface area contributed by atoms with Gasteiger partial charge in [-0.15, -0.1) is 0 Å². The zero-order valence-electron chi connectivity index (χ0n) is 11.4. The van der Waals surface area contributed by atoms with Crippen molar-refractivity contribution < 1.29 is 0 Å². The van der Waals surface area contributed by atoms with Crippen LogP contribution in [-0.2, 0) is 11.8 Å². The highest BCUT2D eigenvalue weighted by Gasteiger charge is 2.45. The molecule has 0 saturated heterocycles. The highest BCUT2D eigenvalue weighted by atomic mass is 79.9. The number of alkyl halides is 1. The molecule has 0 N–H and O–H groups in total. The van der Waals surface area contributed by atoms with Gasteiger partial charge in [-0.05, 0) is 41.2 Å². The quantitative estimate of drug-likeness (QED) is 0.681. The minimum Gasteiger partial charge on any atom is -0.0888 e. The van der Waals surface area contributed by atoms with Crippen LogP contribution >= 0.6 is 15.9 Å². The predicted octanol–water partition coefficient (Wildman–Crippen LogP) is 5.09. The van der Waals surface area contributed by atoms with Gasteiger partial charge in [-0.25, -0.2) is 0 Å². The van der Waals surface area contributed by atoms with Crippen LogP contribution in [0.2, 0.25) is 0 Å². The van der Waals surface area contributed by atoms with E-state index in [4.69, 9.17) is 0 Å². The summed E-state index contributed by atoms with van der Waals surface area (Å²) in [6.07, 6.45) is 3.98. The van der Waals surface area contributed by atoms with Gasteiger partial charge in [0.25, 0.3) is 0 Å². The van der Waals surface area contributed by atoms with E-state index in [1.807, 2.05) is 0 Å². The Labute approximate surface area is 114 Å². The Morgan fingerprint density at radius 1 is 1.18 bits per heavy atom. The van der Waals surface area contributed by atoms with E-state index in [0.717, 1.165) is 0 Å². The summed E-state index contributed by atoms with van der Waals surface area (Å²) in [5.41, 5.74) is 3.72. The lowest BCUT2D eigenvalue weighted by molar-refractivity contribution is 0.508. The first-order chi connectivity index (χ1) is 7.83. The molecule has 0 nitrogen and oxygen atoms in total. The van der Waals surface area contributed by atoms with Gasteiger partial charge in [-0.1, -0.05) is 67.9 Å². The van der Waals surface area contributed by atoms with Gasteiger partial charge in [0.15, 0.2) is 0 Å². The van der Waals surface area contributed by atoms with Crippen molar-refractivity contribution in [3.05, 3.63) is 35.4 Å². The summed E-state index contributed by atoms with van der Waals surface area (Å²) < 4.78 is 0. The average Bonchev–Trinajstić information content (AvgIpc) is 2.98. The molecular formula is C16H23Br. The van der Waals surface area contributed by atoms with Gasteiger partial charge < -0.3 is 0 Å². The second kappa shape index (κ2) is 4.42. The SMILES string of the molecule is CC(Br)C1(Cc2ccc(C(C)(C)C)cc2)CC1. The highest BCUT2D eigenvalue weighted by molar-refractivity contribution is 9.09. The molecule has 1 heteroatoms. The van der Waals surface area contributed by atoms with Crippen molar-refractivity contribution in [2.45, 2.75) is 57.2 Å². The Morgan fingerprint density at radius 3 is 2.06 bits per heavy atom. The van der Waals surface area contributed by atoms with Gasteiger partial charge >= 0.3 is 0 Å². The molecule has 1 aliphatic carbocycles. The fourth-order valence-corrected chi connectivity index (χ4v) is 3.02. The first-order valence-electron chi connectivity index (χ1n) is 6.57. The third kappa shape index (κ3) is 2.93. The van der Waals surface area contributed by atoms with Gasteiger partial charge in [-0.2, -0.15) is 0 Å². The summed E-state index contributed by atoms with van der Waals surface area (Å²) in [4.78, 5) is 0.636. The second-order valence-corrected chi connectivity index (χ2v) is 7.98. The summed E-state index contributed by atoms with van der Waals surface area (Å²) in [5, 5.41) is 0. The predicted molar refractivity (Wildman–Crippen MR) is 78.9 cm³/mol. The Kier molecular flexibility index (Phi) is 3.42. The third-order valence-corrected chi connectivity index (χ3v) is 5.08. The molecule has 0 radical (unpaired) electrons. The summed E-state index contributed by atoms with van der Waals surface area (Å²) in [7, 11) is 0. The van der Waals surface area contributed by atoms with Crippen LogP contribution in [0.3, 0.4) is 0 Å². The van der Waals surface area contributed by atoms with E-state index in [9.17, 15) is 0 Å². The smallest absolute Gasteiger partial charge is 0.0177 e. The lowest BCUT2D eigenvalue weighted by atomic mass is 9.85. The van der Waals surface area contributed by atoms with Crippen molar-refractivity contribution in [3.8, 4) is 0 Å². The summed E-state index contributed by atoms with van der Waals surface area (Å²) in [5.74, 6) is 0. The minimum absolute atomic E-state index is 0.262. The molecule has 0 aliphatic heterocycles. The fourth-order valence-electron chi connectivity index (χ4n) is 2.40. The van der Waals surface area contributed by atoms with E-state index in [1.165, 1.54) is 30.4 Å². The van der Waals surface area contributed by atoms with Crippen molar-refractivity contribution in [2.75, 3.05) is 0 Å². The van der Waals surface area contributed by atoms with Crippen LogP contribution < -0.4 is 0 Å².